The van der Waals surface area contributed by atoms with Crippen LogP contribution in [0, 0.1) is 0 Å². The van der Waals surface area contributed by atoms with Gasteiger partial charge in [-0.1, -0.05) is 25.1 Å². The number of hydrogen-bond donors (Lipinski definition) is 1. The average molecular weight is 315 g/mol. The van der Waals surface area contributed by atoms with E-state index in [9.17, 15) is 4.79 Å². The van der Waals surface area contributed by atoms with Gasteiger partial charge in [0.15, 0.2) is 17.6 Å². The molecule has 0 aliphatic rings. The molecule has 0 aliphatic carbocycles. The molecule has 23 heavy (non-hydrogen) atoms. The van der Waals surface area contributed by atoms with Crippen molar-refractivity contribution in [2.24, 2.45) is 0 Å². The van der Waals surface area contributed by atoms with Crippen molar-refractivity contribution in [3.63, 3.8) is 0 Å². The highest BCUT2D eigenvalue weighted by Gasteiger charge is 2.19. The minimum absolute atomic E-state index is 0.205. The van der Waals surface area contributed by atoms with E-state index in [-0.39, 0.29) is 5.91 Å². The molecule has 0 radical (unpaired) electrons. The number of nitrogens with one attached hydrogen (secondary N) is 1. The Morgan fingerprint density at radius 2 is 1.74 bits per heavy atom. The van der Waals surface area contributed by atoms with Crippen LogP contribution in [0.3, 0.4) is 0 Å². The van der Waals surface area contributed by atoms with E-state index in [0.717, 1.165) is 0 Å². The minimum atomic E-state index is -0.564. The number of carbonyl (C=O) groups excluding carboxylic acids is 1. The summed E-state index contributed by atoms with van der Waals surface area (Å²) in [7, 11) is 3.12. The second-order valence-electron chi connectivity index (χ2n) is 4.89. The molecule has 2 rings (SSSR count). The predicted molar refractivity (Wildman–Crippen MR) is 89.3 cm³/mol. The Balaban J connectivity index is 2.07. The first-order valence-electron chi connectivity index (χ1n) is 7.42. The molecule has 2 aromatic carbocycles. The van der Waals surface area contributed by atoms with Crippen LogP contribution in [0.15, 0.2) is 48.5 Å². The lowest BCUT2D eigenvalue weighted by atomic mass is 10.2. The van der Waals surface area contributed by atoms with Crippen LogP contribution in [-0.2, 0) is 4.79 Å². The number of carbonyl (C=O) groups is 1. The fraction of sp³-hybridized carbons (Fsp3) is 0.278. The molecule has 0 bridgehead atoms. The first kappa shape index (κ1) is 16.7. The van der Waals surface area contributed by atoms with E-state index in [4.69, 9.17) is 14.2 Å². The molecule has 0 heterocycles. The third-order valence-corrected chi connectivity index (χ3v) is 3.34. The van der Waals surface area contributed by atoms with E-state index in [1.807, 2.05) is 37.3 Å². The average Bonchev–Trinajstić information content (AvgIpc) is 2.60. The van der Waals surface area contributed by atoms with Crippen molar-refractivity contribution in [1.82, 2.24) is 0 Å². The molecule has 5 nitrogen and oxygen atoms in total. The van der Waals surface area contributed by atoms with E-state index in [1.165, 1.54) is 0 Å². The van der Waals surface area contributed by atoms with Crippen LogP contribution in [0.25, 0.3) is 0 Å². The fourth-order valence-corrected chi connectivity index (χ4v) is 2.12. The zero-order valence-corrected chi connectivity index (χ0v) is 13.5. The molecule has 0 saturated heterocycles. The van der Waals surface area contributed by atoms with E-state index in [2.05, 4.69) is 5.32 Å². The van der Waals surface area contributed by atoms with Gasteiger partial charge in [0.2, 0.25) is 0 Å². The van der Waals surface area contributed by atoms with Crippen molar-refractivity contribution in [2.75, 3.05) is 19.5 Å². The maximum absolute atomic E-state index is 12.4. The zero-order chi connectivity index (χ0) is 16.7. The first-order chi connectivity index (χ1) is 11.2. The van der Waals surface area contributed by atoms with Gasteiger partial charge in [-0.15, -0.1) is 0 Å². The molecule has 1 amide bonds. The Bertz CT molecular complexity index is 643. The molecule has 1 N–H and O–H groups in total. The molecule has 0 fully saturated rings. The molecule has 0 saturated carbocycles. The van der Waals surface area contributed by atoms with Gasteiger partial charge in [-0.25, -0.2) is 0 Å². The van der Waals surface area contributed by atoms with E-state index < -0.39 is 6.10 Å². The Morgan fingerprint density at radius 3 is 2.35 bits per heavy atom. The van der Waals surface area contributed by atoms with Crippen LogP contribution in [-0.4, -0.2) is 26.2 Å². The van der Waals surface area contributed by atoms with Gasteiger partial charge in [0.05, 0.1) is 14.2 Å². The van der Waals surface area contributed by atoms with Gasteiger partial charge in [-0.3, -0.25) is 4.79 Å². The van der Waals surface area contributed by atoms with Crippen LogP contribution < -0.4 is 19.5 Å². The molecular formula is C18H21NO4. The van der Waals surface area contributed by atoms with Gasteiger partial charge in [0.1, 0.15) is 5.75 Å². The lowest BCUT2D eigenvalue weighted by Gasteiger charge is -2.18. The maximum atomic E-state index is 12.4. The number of benzene rings is 2. The largest absolute Gasteiger partial charge is 0.493 e. The molecule has 122 valence electrons. The molecular weight excluding hydrogens is 294 g/mol. The molecule has 1 atom stereocenters. The van der Waals surface area contributed by atoms with E-state index in [1.54, 1.807) is 32.4 Å². The number of hydrogen-bond acceptors (Lipinski definition) is 4. The summed E-state index contributed by atoms with van der Waals surface area (Å²) in [4.78, 5) is 12.4. The van der Waals surface area contributed by atoms with Crippen LogP contribution in [0.5, 0.6) is 17.2 Å². The Kier molecular flexibility index (Phi) is 5.86. The van der Waals surface area contributed by atoms with Crippen LogP contribution >= 0.6 is 0 Å². The summed E-state index contributed by atoms with van der Waals surface area (Å²) in [5, 5.41) is 2.84. The van der Waals surface area contributed by atoms with Crippen molar-refractivity contribution in [1.29, 1.82) is 0 Å². The summed E-state index contributed by atoms with van der Waals surface area (Å²) in [6.45, 7) is 1.90. The summed E-state index contributed by atoms with van der Waals surface area (Å²) in [5.41, 5.74) is 0.628. The minimum Gasteiger partial charge on any atom is -0.493 e. The number of rotatable bonds is 7. The first-order valence-corrected chi connectivity index (χ1v) is 7.42. The molecule has 2 aromatic rings. The lowest BCUT2D eigenvalue weighted by Crippen LogP contribution is -2.32. The van der Waals surface area contributed by atoms with Gasteiger partial charge in [0, 0.05) is 11.8 Å². The normalized spacial score (nSPS) is 11.4. The maximum Gasteiger partial charge on any atom is 0.265 e. The van der Waals surface area contributed by atoms with Gasteiger partial charge in [-0.05, 0) is 30.7 Å². The van der Waals surface area contributed by atoms with Crippen molar-refractivity contribution in [3.8, 4) is 17.2 Å². The smallest absolute Gasteiger partial charge is 0.265 e. The van der Waals surface area contributed by atoms with Gasteiger partial charge in [-0.2, -0.15) is 0 Å². The van der Waals surface area contributed by atoms with Gasteiger partial charge >= 0.3 is 0 Å². The highest BCUT2D eigenvalue weighted by Crippen LogP contribution is 2.29. The summed E-state index contributed by atoms with van der Waals surface area (Å²) in [5.74, 6) is 1.63. The highest BCUT2D eigenvalue weighted by molar-refractivity contribution is 5.94. The number of ether oxygens (including phenoxy) is 3. The van der Waals surface area contributed by atoms with Crippen molar-refractivity contribution in [3.05, 3.63) is 48.5 Å². The number of anilines is 1. The third-order valence-electron chi connectivity index (χ3n) is 3.34. The molecule has 0 aromatic heterocycles. The van der Waals surface area contributed by atoms with Crippen molar-refractivity contribution in [2.45, 2.75) is 19.4 Å². The SMILES string of the molecule is CCC(Oc1ccccc1)C(=O)Nc1ccc(OC)c(OC)c1. The standard InChI is InChI=1S/C18H21NO4/c1-4-15(23-14-8-6-5-7-9-14)18(20)19-13-10-11-16(21-2)17(12-13)22-3/h5-12,15H,4H2,1-3H3,(H,19,20). The zero-order valence-electron chi connectivity index (χ0n) is 13.5. The summed E-state index contributed by atoms with van der Waals surface area (Å²) in [6, 6.07) is 14.5. The Hall–Kier alpha value is -2.69. The van der Waals surface area contributed by atoms with E-state index >= 15 is 0 Å². The Morgan fingerprint density at radius 1 is 1.04 bits per heavy atom. The van der Waals surface area contributed by atoms with Gasteiger partial charge in [0.25, 0.3) is 5.91 Å². The van der Waals surface area contributed by atoms with Gasteiger partial charge < -0.3 is 19.5 Å². The molecule has 5 heteroatoms. The quantitative estimate of drug-likeness (QED) is 0.849. The van der Waals surface area contributed by atoms with Crippen LogP contribution in [0.4, 0.5) is 5.69 Å². The predicted octanol–water partition coefficient (Wildman–Crippen LogP) is 3.50. The second-order valence-corrected chi connectivity index (χ2v) is 4.89. The molecule has 1 unspecified atom stereocenters. The van der Waals surface area contributed by atoms with Crippen LogP contribution in [0.1, 0.15) is 13.3 Å². The van der Waals surface area contributed by atoms with E-state index in [0.29, 0.717) is 29.4 Å². The van der Waals surface area contributed by atoms with Crippen LogP contribution in [0.2, 0.25) is 0 Å². The molecule has 0 aliphatic heterocycles. The third kappa shape index (κ3) is 4.39. The highest BCUT2D eigenvalue weighted by atomic mass is 16.5. The number of amides is 1. The van der Waals surface area contributed by atoms with Crippen molar-refractivity contribution >= 4 is 11.6 Å². The molecule has 0 spiro atoms. The number of methoxy groups -OCH3 is 2. The second kappa shape index (κ2) is 8.08. The topological polar surface area (TPSA) is 56.8 Å². The summed E-state index contributed by atoms with van der Waals surface area (Å²) in [6.07, 6.45) is -0.000846. The summed E-state index contributed by atoms with van der Waals surface area (Å²) >= 11 is 0. The monoisotopic (exact) mass is 315 g/mol. The lowest BCUT2D eigenvalue weighted by molar-refractivity contribution is -0.122. The summed E-state index contributed by atoms with van der Waals surface area (Å²) < 4.78 is 16.1. The number of para-hydroxylation sites is 1. The van der Waals surface area contributed by atoms with Crippen molar-refractivity contribution < 1.29 is 19.0 Å². The fourth-order valence-electron chi connectivity index (χ4n) is 2.12. The Labute approximate surface area is 136 Å².